The molecule has 0 aromatic heterocycles. The lowest BCUT2D eigenvalue weighted by molar-refractivity contribution is -0.142. The molecule has 2 N–H and O–H groups in total. The van der Waals surface area contributed by atoms with E-state index >= 15 is 0 Å². The maximum absolute atomic E-state index is 11.0. The van der Waals surface area contributed by atoms with Gasteiger partial charge in [0.25, 0.3) is 0 Å². The van der Waals surface area contributed by atoms with Crippen LogP contribution in [0, 0.1) is 0 Å². The standard InChI is InChI=1S/C12H13Br2NO5/c1-6(16)15-9(12(17)18)5-20-11-4-7(13)10(19-2)3-8(11)14/h3-4,9H,5H2,1-2H3,(H,15,16)(H,17,18). The molecule has 1 aromatic carbocycles. The molecular weight excluding hydrogens is 398 g/mol. The molecule has 1 atom stereocenters. The molecule has 1 aromatic rings. The van der Waals surface area contributed by atoms with E-state index < -0.39 is 17.9 Å². The Bertz CT molecular complexity index is 521. The number of hydrogen-bond donors (Lipinski definition) is 2. The minimum atomic E-state index is -1.16. The molecule has 1 rings (SSSR count). The number of ether oxygens (including phenoxy) is 2. The van der Waals surface area contributed by atoms with Crippen molar-refractivity contribution in [2.75, 3.05) is 13.7 Å². The van der Waals surface area contributed by atoms with Crippen molar-refractivity contribution in [3.8, 4) is 11.5 Å². The van der Waals surface area contributed by atoms with Crippen molar-refractivity contribution < 1.29 is 24.2 Å². The maximum atomic E-state index is 11.0. The summed E-state index contributed by atoms with van der Waals surface area (Å²) in [5.41, 5.74) is 0. The molecule has 6 nitrogen and oxygen atoms in total. The zero-order valence-electron chi connectivity index (χ0n) is 10.8. The molecule has 0 spiro atoms. The van der Waals surface area contributed by atoms with Crippen LogP contribution >= 0.6 is 31.9 Å². The topological polar surface area (TPSA) is 84.9 Å². The van der Waals surface area contributed by atoms with Crippen molar-refractivity contribution in [2.24, 2.45) is 0 Å². The number of aliphatic carboxylic acids is 1. The molecule has 1 unspecified atom stereocenters. The second kappa shape index (κ2) is 7.49. The Labute approximate surface area is 132 Å². The number of benzene rings is 1. The van der Waals surface area contributed by atoms with Crippen molar-refractivity contribution in [3.63, 3.8) is 0 Å². The van der Waals surface area contributed by atoms with Gasteiger partial charge in [-0.1, -0.05) is 0 Å². The first-order chi connectivity index (χ1) is 9.35. The second-order valence-electron chi connectivity index (χ2n) is 3.82. The van der Waals surface area contributed by atoms with E-state index in [9.17, 15) is 9.59 Å². The zero-order chi connectivity index (χ0) is 15.3. The van der Waals surface area contributed by atoms with Crippen molar-refractivity contribution >= 4 is 43.7 Å². The minimum Gasteiger partial charge on any atom is -0.496 e. The number of carboxylic acids is 1. The third kappa shape index (κ3) is 4.68. The van der Waals surface area contributed by atoms with E-state index in [1.807, 2.05) is 0 Å². The fourth-order valence-electron chi connectivity index (χ4n) is 1.37. The molecule has 1 amide bonds. The smallest absolute Gasteiger partial charge is 0.329 e. The molecular formula is C12H13Br2NO5. The lowest BCUT2D eigenvalue weighted by atomic mass is 10.3. The molecule has 0 radical (unpaired) electrons. The summed E-state index contributed by atoms with van der Waals surface area (Å²) in [5, 5.41) is 11.3. The number of halogens is 2. The second-order valence-corrected chi connectivity index (χ2v) is 5.53. The van der Waals surface area contributed by atoms with Crippen LogP contribution in [0.15, 0.2) is 21.1 Å². The number of carbonyl (C=O) groups excluding carboxylic acids is 1. The normalized spacial score (nSPS) is 11.6. The Hall–Kier alpha value is -1.28. The first-order valence-corrected chi connectivity index (χ1v) is 7.09. The van der Waals surface area contributed by atoms with Crippen LogP contribution in [0.2, 0.25) is 0 Å². The van der Waals surface area contributed by atoms with Gasteiger partial charge < -0.3 is 19.9 Å². The van der Waals surface area contributed by atoms with Crippen molar-refractivity contribution in [1.29, 1.82) is 0 Å². The van der Waals surface area contributed by atoms with Gasteiger partial charge in [0.2, 0.25) is 5.91 Å². The molecule has 8 heteroatoms. The number of carbonyl (C=O) groups is 2. The van der Waals surface area contributed by atoms with Gasteiger partial charge >= 0.3 is 5.97 Å². The third-order valence-corrected chi connectivity index (χ3v) is 3.53. The van der Waals surface area contributed by atoms with Gasteiger partial charge in [0.1, 0.15) is 18.1 Å². The van der Waals surface area contributed by atoms with Crippen molar-refractivity contribution in [3.05, 3.63) is 21.1 Å². The van der Waals surface area contributed by atoms with E-state index in [1.54, 1.807) is 12.1 Å². The van der Waals surface area contributed by atoms with Crippen LogP contribution < -0.4 is 14.8 Å². The highest BCUT2D eigenvalue weighted by Crippen LogP contribution is 2.35. The van der Waals surface area contributed by atoms with Crippen LogP contribution in [0.5, 0.6) is 11.5 Å². The molecule has 0 aliphatic heterocycles. The summed E-state index contributed by atoms with van der Waals surface area (Å²) in [4.78, 5) is 21.9. The van der Waals surface area contributed by atoms with Crippen molar-refractivity contribution in [1.82, 2.24) is 5.32 Å². The SMILES string of the molecule is COc1cc(Br)c(OCC(NC(C)=O)C(=O)O)cc1Br. The molecule has 0 saturated heterocycles. The van der Waals surface area contributed by atoms with Crippen LogP contribution in [0.25, 0.3) is 0 Å². The number of carboxylic acid groups (broad SMARTS) is 1. The van der Waals surface area contributed by atoms with Crippen LogP contribution in [-0.2, 0) is 9.59 Å². The Morgan fingerprint density at radius 3 is 2.35 bits per heavy atom. The number of nitrogens with one attached hydrogen (secondary N) is 1. The molecule has 0 saturated carbocycles. The average molecular weight is 411 g/mol. The molecule has 20 heavy (non-hydrogen) atoms. The lowest BCUT2D eigenvalue weighted by Gasteiger charge is -2.16. The zero-order valence-corrected chi connectivity index (χ0v) is 13.9. The highest BCUT2D eigenvalue weighted by Gasteiger charge is 2.20. The lowest BCUT2D eigenvalue weighted by Crippen LogP contribution is -2.43. The fraction of sp³-hybridized carbons (Fsp3) is 0.333. The van der Waals surface area contributed by atoms with E-state index in [-0.39, 0.29) is 6.61 Å². The van der Waals surface area contributed by atoms with Gasteiger partial charge in [-0.25, -0.2) is 4.79 Å². The molecule has 0 bridgehead atoms. The predicted octanol–water partition coefficient (Wildman–Crippen LogP) is 2.19. The van der Waals surface area contributed by atoms with Crippen LogP contribution in [0.1, 0.15) is 6.92 Å². The summed E-state index contributed by atoms with van der Waals surface area (Å²) in [7, 11) is 1.53. The number of hydrogen-bond acceptors (Lipinski definition) is 4. The van der Waals surface area contributed by atoms with Crippen LogP contribution in [0.4, 0.5) is 0 Å². The Morgan fingerprint density at radius 2 is 1.85 bits per heavy atom. The summed E-state index contributed by atoms with van der Waals surface area (Å²) >= 11 is 6.61. The summed E-state index contributed by atoms with van der Waals surface area (Å²) in [5.74, 6) is -0.546. The fourth-order valence-corrected chi connectivity index (χ4v) is 2.29. The van der Waals surface area contributed by atoms with E-state index in [2.05, 4.69) is 37.2 Å². The third-order valence-electron chi connectivity index (χ3n) is 2.29. The Morgan fingerprint density at radius 1 is 1.30 bits per heavy atom. The van der Waals surface area contributed by atoms with Crippen molar-refractivity contribution in [2.45, 2.75) is 13.0 Å². The average Bonchev–Trinajstić information content (AvgIpc) is 2.36. The molecule has 0 aliphatic carbocycles. The predicted molar refractivity (Wildman–Crippen MR) is 79.1 cm³/mol. The molecule has 110 valence electrons. The van der Waals surface area contributed by atoms with Gasteiger partial charge in [-0.3, -0.25) is 4.79 Å². The monoisotopic (exact) mass is 409 g/mol. The first-order valence-electron chi connectivity index (χ1n) is 5.51. The van der Waals surface area contributed by atoms with E-state index in [0.717, 1.165) is 0 Å². The summed E-state index contributed by atoms with van der Waals surface area (Å²) < 4.78 is 11.8. The molecule has 0 heterocycles. The Kier molecular flexibility index (Phi) is 6.28. The van der Waals surface area contributed by atoms with Crippen LogP contribution in [-0.4, -0.2) is 36.7 Å². The number of methoxy groups -OCH3 is 1. The van der Waals surface area contributed by atoms with Gasteiger partial charge in [-0.05, 0) is 44.0 Å². The quantitative estimate of drug-likeness (QED) is 0.750. The number of amides is 1. The van der Waals surface area contributed by atoms with Gasteiger partial charge in [0.15, 0.2) is 6.04 Å². The van der Waals surface area contributed by atoms with E-state index in [4.69, 9.17) is 14.6 Å². The van der Waals surface area contributed by atoms with Gasteiger partial charge in [-0.15, -0.1) is 0 Å². The molecule has 0 aliphatic rings. The summed E-state index contributed by atoms with van der Waals surface area (Å²) in [6.07, 6.45) is 0. The maximum Gasteiger partial charge on any atom is 0.329 e. The number of rotatable bonds is 6. The molecule has 0 fully saturated rings. The minimum absolute atomic E-state index is 0.188. The van der Waals surface area contributed by atoms with E-state index in [0.29, 0.717) is 20.4 Å². The first kappa shape index (κ1) is 16.8. The summed E-state index contributed by atoms with van der Waals surface area (Å²) in [6.45, 7) is 1.06. The van der Waals surface area contributed by atoms with E-state index in [1.165, 1.54) is 14.0 Å². The van der Waals surface area contributed by atoms with Gasteiger partial charge in [0.05, 0.1) is 16.1 Å². The largest absolute Gasteiger partial charge is 0.496 e. The van der Waals surface area contributed by atoms with Crippen LogP contribution in [0.3, 0.4) is 0 Å². The highest BCUT2D eigenvalue weighted by atomic mass is 79.9. The van der Waals surface area contributed by atoms with Gasteiger partial charge in [0, 0.05) is 6.92 Å². The van der Waals surface area contributed by atoms with Gasteiger partial charge in [-0.2, -0.15) is 0 Å². The Balaban J connectivity index is 2.80. The highest BCUT2D eigenvalue weighted by molar-refractivity contribution is 9.11. The summed E-state index contributed by atoms with van der Waals surface area (Å²) in [6, 6.07) is 2.23.